The maximum atomic E-state index is 13.5. The van der Waals surface area contributed by atoms with Gasteiger partial charge in [0.15, 0.2) is 0 Å². The first-order valence-electron chi connectivity index (χ1n) is 9.63. The summed E-state index contributed by atoms with van der Waals surface area (Å²) in [6.45, 7) is 6.11. The number of rotatable bonds is 5. The van der Waals surface area contributed by atoms with Crippen LogP contribution in [0.4, 0.5) is 5.69 Å². The molecule has 2 heterocycles. The number of sulfone groups is 1. The molecule has 28 heavy (non-hydrogen) atoms. The minimum Gasteiger partial charge on any atom is -0.494 e. The number of hydrogen-bond donors (Lipinski definition) is 0. The van der Waals surface area contributed by atoms with Gasteiger partial charge in [-0.3, -0.25) is 4.98 Å². The molecule has 3 aromatic rings. The zero-order valence-corrected chi connectivity index (χ0v) is 17.0. The van der Waals surface area contributed by atoms with Crippen LogP contribution in [-0.2, 0) is 9.84 Å². The number of anilines is 1. The molecule has 1 aliphatic heterocycles. The van der Waals surface area contributed by atoms with Crippen LogP contribution >= 0.6 is 0 Å². The number of aryl methyl sites for hydroxylation is 1. The summed E-state index contributed by atoms with van der Waals surface area (Å²) in [4.78, 5) is 7.19. The highest BCUT2D eigenvalue weighted by molar-refractivity contribution is 7.91. The highest BCUT2D eigenvalue weighted by atomic mass is 32.2. The van der Waals surface area contributed by atoms with Crippen LogP contribution < -0.4 is 9.64 Å². The molecule has 0 bridgehead atoms. The van der Waals surface area contributed by atoms with Crippen molar-refractivity contribution >= 4 is 26.4 Å². The molecule has 1 fully saturated rings. The Labute approximate surface area is 165 Å². The average Bonchev–Trinajstić information content (AvgIpc) is 3.22. The average molecular weight is 397 g/mol. The third-order valence-corrected chi connectivity index (χ3v) is 6.90. The van der Waals surface area contributed by atoms with Gasteiger partial charge in [0.25, 0.3) is 0 Å². The first-order valence-corrected chi connectivity index (χ1v) is 11.1. The van der Waals surface area contributed by atoms with E-state index in [9.17, 15) is 8.42 Å². The fraction of sp³-hybridized carbons (Fsp3) is 0.318. The lowest BCUT2D eigenvalue weighted by atomic mass is 10.1. The van der Waals surface area contributed by atoms with E-state index in [0.717, 1.165) is 53.8 Å². The first-order chi connectivity index (χ1) is 13.5. The van der Waals surface area contributed by atoms with E-state index in [1.54, 1.807) is 12.1 Å². The normalized spacial score (nSPS) is 14.6. The maximum Gasteiger partial charge on any atom is 0.210 e. The van der Waals surface area contributed by atoms with E-state index >= 15 is 0 Å². The van der Waals surface area contributed by atoms with E-state index < -0.39 is 9.84 Å². The van der Waals surface area contributed by atoms with Crippen molar-refractivity contribution in [2.75, 3.05) is 24.6 Å². The van der Waals surface area contributed by atoms with Crippen LogP contribution in [0.1, 0.15) is 25.3 Å². The molecule has 0 aliphatic carbocycles. The van der Waals surface area contributed by atoms with Crippen molar-refractivity contribution in [2.45, 2.75) is 36.5 Å². The van der Waals surface area contributed by atoms with Crippen molar-refractivity contribution in [1.29, 1.82) is 0 Å². The molecule has 0 spiro atoms. The Morgan fingerprint density at radius 3 is 2.46 bits per heavy atom. The molecule has 5 nitrogen and oxygen atoms in total. The number of ether oxygens (including phenoxy) is 1. The molecule has 0 atom stereocenters. The van der Waals surface area contributed by atoms with E-state index in [1.807, 2.05) is 44.2 Å². The second-order valence-corrected chi connectivity index (χ2v) is 9.01. The van der Waals surface area contributed by atoms with Gasteiger partial charge in [-0.25, -0.2) is 8.42 Å². The Morgan fingerprint density at radius 2 is 1.79 bits per heavy atom. The van der Waals surface area contributed by atoms with Crippen LogP contribution in [0.25, 0.3) is 10.9 Å². The van der Waals surface area contributed by atoms with Crippen molar-refractivity contribution in [3.05, 3.63) is 54.2 Å². The largest absolute Gasteiger partial charge is 0.494 e. The molecule has 1 aromatic heterocycles. The molecule has 0 amide bonds. The topological polar surface area (TPSA) is 59.5 Å². The number of hydrogen-bond acceptors (Lipinski definition) is 5. The Balaban J connectivity index is 1.96. The number of pyridine rings is 1. The van der Waals surface area contributed by atoms with Crippen LogP contribution in [0, 0.1) is 6.92 Å². The van der Waals surface area contributed by atoms with Gasteiger partial charge >= 0.3 is 0 Å². The van der Waals surface area contributed by atoms with Crippen molar-refractivity contribution in [1.82, 2.24) is 4.98 Å². The lowest BCUT2D eigenvalue weighted by Gasteiger charge is -2.23. The minimum atomic E-state index is -3.69. The van der Waals surface area contributed by atoms with Gasteiger partial charge in [0, 0.05) is 24.7 Å². The van der Waals surface area contributed by atoms with Crippen molar-refractivity contribution in [3.8, 4) is 5.75 Å². The second-order valence-electron chi connectivity index (χ2n) is 7.09. The van der Waals surface area contributed by atoms with Gasteiger partial charge < -0.3 is 9.64 Å². The van der Waals surface area contributed by atoms with Crippen LogP contribution in [0.2, 0.25) is 0 Å². The Morgan fingerprint density at radius 1 is 1.07 bits per heavy atom. The highest BCUT2D eigenvalue weighted by Gasteiger charge is 2.28. The van der Waals surface area contributed by atoms with E-state index in [-0.39, 0.29) is 4.90 Å². The first kappa shape index (κ1) is 18.7. The molecule has 4 rings (SSSR count). The number of nitrogens with zero attached hydrogens (tertiary/aromatic N) is 2. The van der Waals surface area contributed by atoms with Gasteiger partial charge in [-0.15, -0.1) is 0 Å². The summed E-state index contributed by atoms with van der Waals surface area (Å²) in [7, 11) is -3.69. The summed E-state index contributed by atoms with van der Waals surface area (Å²) in [5.74, 6) is 0.724. The zero-order chi connectivity index (χ0) is 19.7. The summed E-state index contributed by atoms with van der Waals surface area (Å²) in [6, 6.07) is 12.7. The van der Waals surface area contributed by atoms with Crippen LogP contribution in [0.5, 0.6) is 5.75 Å². The number of aromatic nitrogens is 1. The van der Waals surface area contributed by atoms with E-state index in [2.05, 4.69) is 9.88 Å². The summed E-state index contributed by atoms with van der Waals surface area (Å²) < 4.78 is 32.6. The van der Waals surface area contributed by atoms with Gasteiger partial charge in [0.1, 0.15) is 10.6 Å². The third kappa shape index (κ3) is 3.33. The van der Waals surface area contributed by atoms with Gasteiger partial charge in [0.2, 0.25) is 9.84 Å². The fourth-order valence-electron chi connectivity index (χ4n) is 3.70. The predicted octanol–water partition coefficient (Wildman–Crippen LogP) is 4.37. The Kier molecular flexibility index (Phi) is 4.98. The van der Waals surface area contributed by atoms with Crippen LogP contribution in [0.15, 0.2) is 58.5 Å². The number of benzene rings is 2. The van der Waals surface area contributed by atoms with Gasteiger partial charge in [-0.1, -0.05) is 17.7 Å². The Bertz CT molecular complexity index is 1100. The molecular formula is C22H24N2O3S. The molecule has 0 unspecified atom stereocenters. The van der Waals surface area contributed by atoms with Crippen LogP contribution in [-0.4, -0.2) is 33.1 Å². The molecule has 1 aliphatic rings. The third-order valence-electron chi connectivity index (χ3n) is 5.13. The number of fused-ring (bicyclic) bond motifs is 1. The van der Waals surface area contributed by atoms with Crippen molar-refractivity contribution < 1.29 is 13.2 Å². The van der Waals surface area contributed by atoms with E-state index in [1.165, 1.54) is 6.20 Å². The van der Waals surface area contributed by atoms with Crippen molar-refractivity contribution in [2.24, 2.45) is 0 Å². The molecule has 6 heteroatoms. The van der Waals surface area contributed by atoms with E-state index in [0.29, 0.717) is 11.5 Å². The molecule has 1 saturated heterocycles. The van der Waals surface area contributed by atoms with E-state index in [4.69, 9.17) is 4.74 Å². The summed E-state index contributed by atoms with van der Waals surface area (Å²) >= 11 is 0. The summed E-state index contributed by atoms with van der Waals surface area (Å²) in [6.07, 6.45) is 3.61. The smallest absolute Gasteiger partial charge is 0.210 e. The molecule has 0 N–H and O–H groups in total. The lowest BCUT2D eigenvalue weighted by Crippen LogP contribution is -2.21. The fourth-order valence-corrected chi connectivity index (χ4v) is 5.14. The predicted molar refractivity (Wildman–Crippen MR) is 111 cm³/mol. The van der Waals surface area contributed by atoms with Gasteiger partial charge in [-0.05, 0) is 57.0 Å². The molecule has 146 valence electrons. The molecule has 2 aromatic carbocycles. The molecule has 0 radical (unpaired) electrons. The SMILES string of the molecule is CCOc1ccc2ncc(S(=O)(=O)c3ccc(C)cc3)c(N3CCCC3)c2c1. The van der Waals surface area contributed by atoms with Gasteiger partial charge in [0.05, 0.1) is 22.7 Å². The quantitative estimate of drug-likeness (QED) is 0.641. The maximum absolute atomic E-state index is 13.5. The Hall–Kier alpha value is -2.60. The van der Waals surface area contributed by atoms with Crippen molar-refractivity contribution in [3.63, 3.8) is 0 Å². The second kappa shape index (κ2) is 7.43. The van der Waals surface area contributed by atoms with Crippen LogP contribution in [0.3, 0.4) is 0 Å². The summed E-state index contributed by atoms with van der Waals surface area (Å²) in [5, 5.41) is 0.820. The molecular weight excluding hydrogens is 372 g/mol. The summed E-state index contributed by atoms with van der Waals surface area (Å²) in [5.41, 5.74) is 2.54. The van der Waals surface area contributed by atoms with Gasteiger partial charge in [-0.2, -0.15) is 0 Å². The monoisotopic (exact) mass is 396 g/mol. The standard InChI is InChI=1S/C22H24N2O3S/c1-3-27-17-8-11-20-19(14-17)22(24-12-4-5-13-24)21(15-23-20)28(25,26)18-9-6-16(2)7-10-18/h6-11,14-15H,3-5,12-13H2,1-2H3. The molecule has 0 saturated carbocycles. The highest BCUT2D eigenvalue weighted by Crippen LogP contribution is 2.38. The zero-order valence-electron chi connectivity index (χ0n) is 16.2. The lowest BCUT2D eigenvalue weighted by molar-refractivity contribution is 0.340. The minimum absolute atomic E-state index is 0.263.